The first-order chi connectivity index (χ1) is 10.3. The van der Waals surface area contributed by atoms with Crippen molar-refractivity contribution < 1.29 is 14.6 Å². The van der Waals surface area contributed by atoms with E-state index in [9.17, 15) is 5.11 Å². The predicted octanol–water partition coefficient (Wildman–Crippen LogP) is 3.05. The van der Waals surface area contributed by atoms with E-state index in [1.54, 1.807) is 0 Å². The molecule has 21 heavy (non-hydrogen) atoms. The van der Waals surface area contributed by atoms with E-state index in [1.807, 2.05) is 36.4 Å². The zero-order valence-electron chi connectivity index (χ0n) is 11.8. The second-order valence-electron chi connectivity index (χ2n) is 5.78. The number of hydrogen-bond donors (Lipinski definition) is 1. The summed E-state index contributed by atoms with van der Waals surface area (Å²) >= 11 is 0. The highest BCUT2D eigenvalue weighted by Crippen LogP contribution is 2.33. The lowest BCUT2D eigenvalue weighted by atomic mass is 10.1. The van der Waals surface area contributed by atoms with Gasteiger partial charge in [-0.3, -0.25) is 0 Å². The molecular weight excluding hydrogens is 264 g/mol. The molecule has 3 heteroatoms. The van der Waals surface area contributed by atoms with Crippen molar-refractivity contribution in [1.82, 2.24) is 0 Å². The lowest BCUT2D eigenvalue weighted by molar-refractivity contribution is 0.148. The Bertz CT molecular complexity index is 640. The minimum atomic E-state index is -0.304. The first kappa shape index (κ1) is 12.7. The molecule has 2 atom stereocenters. The summed E-state index contributed by atoms with van der Waals surface area (Å²) < 4.78 is 11.7. The maximum atomic E-state index is 9.81. The van der Waals surface area contributed by atoms with Crippen LogP contribution in [0.4, 0.5) is 0 Å². The van der Waals surface area contributed by atoms with Crippen molar-refractivity contribution in [1.29, 1.82) is 0 Å². The van der Waals surface area contributed by atoms with E-state index >= 15 is 0 Å². The number of aliphatic hydroxyl groups excluding tert-OH is 1. The van der Waals surface area contributed by atoms with E-state index < -0.39 is 0 Å². The van der Waals surface area contributed by atoms with Gasteiger partial charge in [-0.15, -0.1) is 0 Å². The fourth-order valence-corrected chi connectivity index (χ4v) is 3.20. The van der Waals surface area contributed by atoms with Gasteiger partial charge in [-0.1, -0.05) is 24.3 Å². The molecule has 0 fully saturated rings. The number of hydrogen-bond acceptors (Lipinski definition) is 3. The summed E-state index contributed by atoms with van der Waals surface area (Å²) in [5.74, 6) is 1.84. The minimum Gasteiger partial charge on any atom is -0.490 e. The average Bonchev–Trinajstić information content (AvgIpc) is 3.08. The molecule has 1 aliphatic heterocycles. The molecule has 2 aliphatic rings. The van der Waals surface area contributed by atoms with Gasteiger partial charge in [-0.05, 0) is 47.7 Å². The molecule has 108 valence electrons. The van der Waals surface area contributed by atoms with Gasteiger partial charge >= 0.3 is 0 Å². The van der Waals surface area contributed by atoms with Crippen LogP contribution >= 0.6 is 0 Å². The van der Waals surface area contributed by atoms with Crippen molar-refractivity contribution in [2.75, 3.05) is 6.61 Å². The van der Waals surface area contributed by atoms with E-state index in [4.69, 9.17) is 9.47 Å². The van der Waals surface area contributed by atoms with E-state index in [2.05, 4.69) is 6.07 Å². The average molecular weight is 282 g/mol. The molecule has 2 unspecified atom stereocenters. The monoisotopic (exact) mass is 282 g/mol. The van der Waals surface area contributed by atoms with Crippen molar-refractivity contribution in [3.8, 4) is 11.5 Å². The van der Waals surface area contributed by atoms with Gasteiger partial charge in [0.05, 0.1) is 6.10 Å². The van der Waals surface area contributed by atoms with Crippen LogP contribution in [-0.2, 0) is 12.8 Å². The van der Waals surface area contributed by atoms with Crippen LogP contribution < -0.4 is 9.47 Å². The third-order valence-corrected chi connectivity index (χ3v) is 4.31. The van der Waals surface area contributed by atoms with Crippen LogP contribution in [0.15, 0.2) is 42.5 Å². The Morgan fingerprint density at radius 1 is 1.14 bits per heavy atom. The van der Waals surface area contributed by atoms with Gasteiger partial charge in [0.1, 0.15) is 24.2 Å². The maximum absolute atomic E-state index is 9.81. The zero-order valence-corrected chi connectivity index (χ0v) is 11.8. The standard InChI is InChI=1S/C18H18O3/c19-17-8-5-12-9-14(6-7-16(12)17)20-11-15-10-13-3-1-2-4-18(13)21-15/h1-4,6-7,9,15,17,19H,5,8,10-11H2. The summed E-state index contributed by atoms with van der Waals surface area (Å²) in [6, 6.07) is 14.1. The smallest absolute Gasteiger partial charge is 0.137 e. The molecule has 1 N–H and O–H groups in total. The fourth-order valence-electron chi connectivity index (χ4n) is 3.20. The molecule has 4 rings (SSSR count). The van der Waals surface area contributed by atoms with Crippen LogP contribution in [0.5, 0.6) is 11.5 Å². The molecule has 1 heterocycles. The summed E-state index contributed by atoms with van der Waals surface area (Å²) in [4.78, 5) is 0. The Morgan fingerprint density at radius 2 is 2.05 bits per heavy atom. The molecular formula is C18H18O3. The molecule has 0 bridgehead atoms. The maximum Gasteiger partial charge on any atom is 0.137 e. The highest BCUT2D eigenvalue weighted by molar-refractivity contribution is 5.40. The molecule has 2 aromatic rings. The summed E-state index contributed by atoms with van der Waals surface area (Å²) in [5, 5.41) is 9.81. The predicted molar refractivity (Wildman–Crippen MR) is 79.8 cm³/mol. The second kappa shape index (κ2) is 5.08. The number of aliphatic hydroxyl groups is 1. The van der Waals surface area contributed by atoms with Gasteiger partial charge in [0.15, 0.2) is 0 Å². The first-order valence-corrected chi connectivity index (χ1v) is 7.48. The van der Waals surface area contributed by atoms with Gasteiger partial charge in [0.25, 0.3) is 0 Å². The molecule has 0 saturated heterocycles. The van der Waals surface area contributed by atoms with E-state index in [0.29, 0.717) is 6.61 Å². The summed E-state index contributed by atoms with van der Waals surface area (Å²) in [6.07, 6.45) is 2.43. The third-order valence-electron chi connectivity index (χ3n) is 4.31. The fraction of sp³-hybridized carbons (Fsp3) is 0.333. The van der Waals surface area contributed by atoms with Crippen LogP contribution in [0.1, 0.15) is 29.2 Å². The lowest BCUT2D eigenvalue weighted by Gasteiger charge is -2.13. The van der Waals surface area contributed by atoms with Crippen molar-refractivity contribution in [2.24, 2.45) is 0 Å². The highest BCUT2D eigenvalue weighted by atomic mass is 16.5. The Hall–Kier alpha value is -2.00. The van der Waals surface area contributed by atoms with E-state index in [1.165, 1.54) is 11.1 Å². The topological polar surface area (TPSA) is 38.7 Å². The Morgan fingerprint density at radius 3 is 2.95 bits per heavy atom. The number of ether oxygens (including phenoxy) is 2. The first-order valence-electron chi connectivity index (χ1n) is 7.48. The minimum absolute atomic E-state index is 0.0845. The van der Waals surface area contributed by atoms with Gasteiger partial charge in [-0.25, -0.2) is 0 Å². The van der Waals surface area contributed by atoms with Crippen molar-refractivity contribution >= 4 is 0 Å². The van der Waals surface area contributed by atoms with Crippen molar-refractivity contribution in [3.05, 3.63) is 59.2 Å². The number of aryl methyl sites for hydroxylation is 1. The Labute approximate surface area is 124 Å². The molecule has 0 aromatic heterocycles. The van der Waals surface area contributed by atoms with Gasteiger partial charge < -0.3 is 14.6 Å². The van der Waals surface area contributed by atoms with Gasteiger partial charge in [0, 0.05) is 6.42 Å². The molecule has 0 amide bonds. The molecule has 0 spiro atoms. The van der Waals surface area contributed by atoms with E-state index in [0.717, 1.165) is 36.3 Å². The number of para-hydroxylation sites is 1. The van der Waals surface area contributed by atoms with Crippen molar-refractivity contribution in [3.63, 3.8) is 0 Å². The molecule has 3 nitrogen and oxygen atoms in total. The second-order valence-corrected chi connectivity index (χ2v) is 5.78. The molecule has 0 radical (unpaired) electrons. The Kier molecular flexibility index (Phi) is 3.08. The van der Waals surface area contributed by atoms with E-state index in [-0.39, 0.29) is 12.2 Å². The SMILES string of the molecule is OC1CCc2cc(OCC3Cc4ccccc4O3)ccc21. The molecule has 1 aliphatic carbocycles. The highest BCUT2D eigenvalue weighted by Gasteiger charge is 2.24. The molecule has 0 saturated carbocycles. The lowest BCUT2D eigenvalue weighted by Crippen LogP contribution is -2.22. The summed E-state index contributed by atoms with van der Waals surface area (Å²) in [7, 11) is 0. The van der Waals surface area contributed by atoms with Gasteiger partial charge in [-0.2, -0.15) is 0 Å². The number of rotatable bonds is 3. The number of fused-ring (bicyclic) bond motifs is 2. The third kappa shape index (κ3) is 2.38. The van der Waals surface area contributed by atoms with Crippen LogP contribution in [0, 0.1) is 0 Å². The normalized spacial score (nSPS) is 22.5. The summed E-state index contributed by atoms with van der Waals surface area (Å²) in [6.45, 7) is 0.552. The van der Waals surface area contributed by atoms with Crippen LogP contribution in [0.25, 0.3) is 0 Å². The van der Waals surface area contributed by atoms with Gasteiger partial charge in [0.2, 0.25) is 0 Å². The quantitative estimate of drug-likeness (QED) is 0.940. The van der Waals surface area contributed by atoms with Crippen LogP contribution in [-0.4, -0.2) is 17.8 Å². The van der Waals surface area contributed by atoms with Crippen molar-refractivity contribution in [2.45, 2.75) is 31.5 Å². The zero-order chi connectivity index (χ0) is 14.2. The number of benzene rings is 2. The van der Waals surface area contributed by atoms with Crippen LogP contribution in [0.2, 0.25) is 0 Å². The largest absolute Gasteiger partial charge is 0.490 e. The Balaban J connectivity index is 1.40. The van der Waals surface area contributed by atoms with Crippen LogP contribution in [0.3, 0.4) is 0 Å². The summed E-state index contributed by atoms with van der Waals surface area (Å²) in [5.41, 5.74) is 3.51. The molecule has 2 aromatic carbocycles.